The number of rotatable bonds is 4. The lowest BCUT2D eigenvalue weighted by atomic mass is 10.2. The largest absolute Gasteiger partial charge is 0.868 e. The molecule has 128 valence electrons. The molecule has 3 rings (SSSR count). The monoisotopic (exact) mass is 342 g/mol. The molecule has 0 saturated heterocycles. The average molecular weight is 342 g/mol. The summed E-state index contributed by atoms with van der Waals surface area (Å²) in [6, 6.07) is 10.5. The summed E-state index contributed by atoms with van der Waals surface area (Å²) in [5, 5.41) is 25.8. The molecule has 9 nitrogen and oxygen atoms in total. The molecule has 9 heteroatoms. The molecule has 1 heterocycles. The normalized spacial score (nSPS) is 15.8. The summed E-state index contributed by atoms with van der Waals surface area (Å²) in [5.41, 5.74) is 2.02. The second kappa shape index (κ2) is 6.87. The molecule has 1 aliphatic heterocycles. The van der Waals surface area contributed by atoms with Crippen molar-refractivity contribution in [3.8, 4) is 17.2 Å². The van der Waals surface area contributed by atoms with Gasteiger partial charge in [0.1, 0.15) is 6.61 Å². The summed E-state index contributed by atoms with van der Waals surface area (Å²) >= 11 is 0. The van der Waals surface area contributed by atoms with Gasteiger partial charge in [0.05, 0.1) is 11.1 Å². The van der Waals surface area contributed by atoms with Crippen LogP contribution in [0, 0.1) is 10.1 Å². The maximum absolute atomic E-state index is 12.0. The average Bonchev–Trinajstić information content (AvgIpc) is 2.62. The Hall–Kier alpha value is -3.62. The van der Waals surface area contributed by atoms with Gasteiger partial charge < -0.3 is 14.6 Å². The number of amides is 1. The van der Waals surface area contributed by atoms with Crippen molar-refractivity contribution in [2.45, 2.75) is 6.10 Å². The van der Waals surface area contributed by atoms with Gasteiger partial charge in [0.2, 0.25) is 6.10 Å². The molecule has 0 saturated carbocycles. The van der Waals surface area contributed by atoms with E-state index >= 15 is 0 Å². The van der Waals surface area contributed by atoms with E-state index in [-0.39, 0.29) is 6.61 Å². The highest BCUT2D eigenvalue weighted by atomic mass is 16.6. The second-order valence-electron chi connectivity index (χ2n) is 5.08. The minimum atomic E-state index is -0.870. The highest BCUT2D eigenvalue weighted by Crippen LogP contribution is 2.30. The van der Waals surface area contributed by atoms with Crippen LogP contribution in [0.1, 0.15) is 5.56 Å². The smallest absolute Gasteiger partial charge is 0.284 e. The van der Waals surface area contributed by atoms with Crippen molar-refractivity contribution in [2.75, 3.05) is 6.61 Å². The fourth-order valence-corrected chi connectivity index (χ4v) is 2.15. The van der Waals surface area contributed by atoms with E-state index in [1.807, 2.05) is 0 Å². The molecule has 2 aromatic rings. The summed E-state index contributed by atoms with van der Waals surface area (Å²) in [6.07, 6.45) is 0.326. The number of para-hydroxylation sites is 2. The number of carbonyl (C=O) groups is 1. The van der Waals surface area contributed by atoms with Crippen LogP contribution in [0.2, 0.25) is 0 Å². The lowest BCUT2D eigenvalue weighted by Gasteiger charge is -2.24. The van der Waals surface area contributed by atoms with E-state index in [0.717, 1.165) is 12.1 Å². The lowest BCUT2D eigenvalue weighted by Crippen LogP contribution is -2.42. The summed E-state index contributed by atoms with van der Waals surface area (Å²) in [4.78, 5) is 22.0. The van der Waals surface area contributed by atoms with Gasteiger partial charge in [0.15, 0.2) is 11.5 Å². The van der Waals surface area contributed by atoms with Gasteiger partial charge in [-0.1, -0.05) is 24.3 Å². The van der Waals surface area contributed by atoms with Crippen LogP contribution in [0.25, 0.3) is 0 Å². The van der Waals surface area contributed by atoms with Gasteiger partial charge in [-0.05, 0) is 17.9 Å². The zero-order valence-corrected chi connectivity index (χ0v) is 12.7. The van der Waals surface area contributed by atoms with E-state index < -0.39 is 28.4 Å². The van der Waals surface area contributed by atoms with Crippen molar-refractivity contribution in [1.82, 2.24) is 5.43 Å². The Balaban J connectivity index is 1.62. The molecule has 0 radical (unpaired) electrons. The number of nitrogens with zero attached hydrogens (tertiary/aromatic N) is 2. The topological polar surface area (TPSA) is 126 Å². The predicted octanol–water partition coefficient (Wildman–Crippen LogP) is 0.958. The molecule has 0 aliphatic carbocycles. The summed E-state index contributed by atoms with van der Waals surface area (Å²) in [5.74, 6) is -0.210. The van der Waals surface area contributed by atoms with E-state index in [2.05, 4.69) is 10.5 Å². The Morgan fingerprint density at radius 2 is 2.04 bits per heavy atom. The number of ether oxygens (including phenoxy) is 2. The minimum Gasteiger partial charge on any atom is -0.868 e. The van der Waals surface area contributed by atoms with Crippen LogP contribution in [-0.2, 0) is 4.79 Å². The number of hydrogen-bond donors (Lipinski definition) is 1. The highest BCUT2D eigenvalue weighted by Gasteiger charge is 2.26. The Kier molecular flexibility index (Phi) is 4.46. The lowest BCUT2D eigenvalue weighted by molar-refractivity contribution is -0.398. The van der Waals surface area contributed by atoms with Crippen LogP contribution in [0.3, 0.4) is 0 Å². The Bertz CT molecular complexity index is 852. The number of hydrogen-bond acceptors (Lipinski definition) is 7. The van der Waals surface area contributed by atoms with Crippen LogP contribution >= 0.6 is 0 Å². The highest BCUT2D eigenvalue weighted by molar-refractivity contribution is 5.85. The molecule has 1 aliphatic rings. The first-order chi connectivity index (χ1) is 12.0. The van der Waals surface area contributed by atoms with Crippen LogP contribution in [0.5, 0.6) is 17.2 Å². The van der Waals surface area contributed by atoms with Gasteiger partial charge in [0.25, 0.3) is 11.6 Å². The van der Waals surface area contributed by atoms with Gasteiger partial charge in [-0.3, -0.25) is 14.9 Å². The molecule has 0 fully saturated rings. The standard InChI is InChI=1S/C16H13N3O6/c20-12-6-5-10(7-11(12)19(22)23)8-17-18-16(21)15-9-24-13-3-1-2-4-14(13)25-15/h1-8,15,20H,9H2,(H,18,21)/p-1/t15-/m1/s1. The Morgan fingerprint density at radius 3 is 2.80 bits per heavy atom. The predicted molar refractivity (Wildman–Crippen MR) is 84.6 cm³/mol. The number of benzene rings is 2. The molecule has 1 amide bonds. The van der Waals surface area contributed by atoms with E-state index in [4.69, 9.17) is 9.47 Å². The summed E-state index contributed by atoms with van der Waals surface area (Å²) < 4.78 is 11.0. The van der Waals surface area contributed by atoms with Gasteiger partial charge in [-0.2, -0.15) is 5.10 Å². The van der Waals surface area contributed by atoms with Crippen LogP contribution < -0.4 is 20.0 Å². The van der Waals surface area contributed by atoms with Gasteiger partial charge in [-0.25, -0.2) is 5.43 Å². The maximum Gasteiger partial charge on any atom is 0.284 e. The van der Waals surface area contributed by atoms with Gasteiger partial charge >= 0.3 is 0 Å². The van der Waals surface area contributed by atoms with Gasteiger partial charge in [-0.15, -0.1) is 0 Å². The molecule has 0 aromatic heterocycles. The minimum absolute atomic E-state index is 0.0364. The molecule has 0 unspecified atom stereocenters. The fraction of sp³-hybridized carbons (Fsp3) is 0.125. The van der Waals surface area contributed by atoms with Crippen molar-refractivity contribution < 1.29 is 24.3 Å². The first-order valence-corrected chi connectivity index (χ1v) is 7.21. The Morgan fingerprint density at radius 1 is 1.28 bits per heavy atom. The van der Waals surface area contributed by atoms with Crippen molar-refractivity contribution in [1.29, 1.82) is 0 Å². The number of hydrazone groups is 1. The summed E-state index contributed by atoms with van der Waals surface area (Å²) in [6.45, 7) is 0.0364. The van der Waals surface area contributed by atoms with Crippen LogP contribution in [0.4, 0.5) is 5.69 Å². The Labute approximate surface area is 141 Å². The molecule has 25 heavy (non-hydrogen) atoms. The third-order valence-corrected chi connectivity index (χ3v) is 3.37. The SMILES string of the molecule is O=C(NN=Cc1ccc([O-])c([N+](=O)[O-])c1)[C@H]1COc2ccccc2O1. The fourth-order valence-electron chi connectivity index (χ4n) is 2.15. The molecular formula is C16H12N3O6-. The number of nitro benzene ring substituents is 1. The van der Waals surface area contributed by atoms with E-state index in [9.17, 15) is 20.0 Å². The molecular weight excluding hydrogens is 330 g/mol. The zero-order chi connectivity index (χ0) is 17.8. The second-order valence-corrected chi connectivity index (χ2v) is 5.08. The number of nitro groups is 1. The number of fused-ring (bicyclic) bond motifs is 1. The first-order valence-electron chi connectivity index (χ1n) is 7.21. The third kappa shape index (κ3) is 3.66. The van der Waals surface area contributed by atoms with Gasteiger partial charge in [0, 0.05) is 11.6 Å². The number of nitrogens with one attached hydrogen (secondary N) is 1. The maximum atomic E-state index is 12.0. The molecule has 0 bridgehead atoms. The van der Waals surface area contributed by atoms with E-state index in [1.165, 1.54) is 12.3 Å². The number of carbonyl (C=O) groups excluding carboxylic acids is 1. The van der Waals surface area contributed by atoms with Crippen LogP contribution in [-0.4, -0.2) is 29.8 Å². The molecule has 2 aromatic carbocycles. The van der Waals surface area contributed by atoms with Crippen molar-refractivity contribution in [2.24, 2.45) is 5.10 Å². The van der Waals surface area contributed by atoms with Crippen LogP contribution in [0.15, 0.2) is 47.6 Å². The quantitative estimate of drug-likeness (QED) is 0.501. The van der Waals surface area contributed by atoms with Crippen molar-refractivity contribution >= 4 is 17.8 Å². The van der Waals surface area contributed by atoms with Crippen molar-refractivity contribution in [3.05, 3.63) is 58.1 Å². The van der Waals surface area contributed by atoms with E-state index in [1.54, 1.807) is 24.3 Å². The van der Waals surface area contributed by atoms with E-state index in [0.29, 0.717) is 17.1 Å². The third-order valence-electron chi connectivity index (χ3n) is 3.37. The molecule has 1 atom stereocenters. The first kappa shape index (κ1) is 16.2. The summed E-state index contributed by atoms with van der Waals surface area (Å²) in [7, 11) is 0. The molecule has 0 spiro atoms. The molecule has 1 N–H and O–H groups in total. The van der Waals surface area contributed by atoms with Crippen molar-refractivity contribution in [3.63, 3.8) is 0 Å². The zero-order valence-electron chi connectivity index (χ0n) is 12.7.